The molecule has 3 aliphatic rings. The summed E-state index contributed by atoms with van der Waals surface area (Å²) in [6.45, 7) is 4.91. The molecule has 10 nitrogen and oxygen atoms in total. The predicted molar refractivity (Wildman–Crippen MR) is 141 cm³/mol. The van der Waals surface area contributed by atoms with E-state index in [9.17, 15) is 13.2 Å². The van der Waals surface area contributed by atoms with Gasteiger partial charge in [0.2, 0.25) is 21.8 Å². The summed E-state index contributed by atoms with van der Waals surface area (Å²) in [7, 11) is -3.15. The summed E-state index contributed by atoms with van der Waals surface area (Å²) >= 11 is 0. The third-order valence-corrected chi connectivity index (χ3v) is 8.97. The number of carbonyl (C=O) groups excluding carboxylic acids is 1. The van der Waals surface area contributed by atoms with Crippen molar-refractivity contribution in [2.45, 2.75) is 38.3 Å². The highest BCUT2D eigenvalue weighted by Gasteiger charge is 2.31. The second-order valence-electron chi connectivity index (χ2n) is 10.4. The normalized spacial score (nSPS) is 21.8. The van der Waals surface area contributed by atoms with Gasteiger partial charge in [0.15, 0.2) is 0 Å². The molecule has 11 heteroatoms. The maximum atomic E-state index is 11.8. The van der Waals surface area contributed by atoms with E-state index in [2.05, 4.69) is 31.9 Å². The lowest BCUT2D eigenvalue weighted by molar-refractivity contribution is -0.119. The number of amides is 1. The number of rotatable bonds is 7. The van der Waals surface area contributed by atoms with Crippen LogP contribution >= 0.6 is 0 Å². The number of nitrogens with one attached hydrogen (secondary N) is 1. The van der Waals surface area contributed by atoms with Gasteiger partial charge in [0.1, 0.15) is 11.6 Å². The molecule has 2 aromatic heterocycles. The molecule has 1 aromatic carbocycles. The minimum Gasteiger partial charge on any atom is -0.473 e. The molecular weight excluding hydrogens is 492 g/mol. The lowest BCUT2D eigenvalue weighted by Crippen LogP contribution is -2.48. The summed E-state index contributed by atoms with van der Waals surface area (Å²) in [5.74, 6) is 0.727. The first kappa shape index (κ1) is 24.2. The van der Waals surface area contributed by atoms with Crippen LogP contribution in [-0.2, 0) is 14.8 Å². The Balaban J connectivity index is 1.26. The van der Waals surface area contributed by atoms with Gasteiger partial charge in [0.05, 0.1) is 23.8 Å². The number of sulfonamides is 1. The summed E-state index contributed by atoms with van der Waals surface area (Å²) in [6, 6.07) is 10.6. The van der Waals surface area contributed by atoms with E-state index in [4.69, 9.17) is 9.72 Å². The van der Waals surface area contributed by atoms with Crippen molar-refractivity contribution in [3.63, 3.8) is 0 Å². The molecule has 1 aliphatic carbocycles. The zero-order chi connectivity index (χ0) is 25.7. The molecular formula is C26H32N6O4S. The van der Waals surface area contributed by atoms with Crippen molar-refractivity contribution in [3.8, 4) is 17.1 Å². The fraction of sp³-hybridized carbons (Fsp3) is 0.500. The van der Waals surface area contributed by atoms with Gasteiger partial charge < -0.3 is 19.5 Å². The fourth-order valence-corrected chi connectivity index (χ4v) is 6.06. The number of fused-ring (bicyclic) bond motifs is 1. The number of ether oxygens (including phenoxy) is 1. The van der Waals surface area contributed by atoms with Crippen molar-refractivity contribution in [1.29, 1.82) is 0 Å². The molecule has 37 heavy (non-hydrogen) atoms. The number of aromatic nitrogens is 3. The molecule has 1 unspecified atom stereocenters. The summed E-state index contributed by atoms with van der Waals surface area (Å²) in [5, 5.41) is 2.89. The highest BCUT2D eigenvalue weighted by Crippen LogP contribution is 2.40. The molecule has 0 radical (unpaired) electrons. The number of imidazole rings is 1. The van der Waals surface area contributed by atoms with Crippen molar-refractivity contribution < 1.29 is 17.9 Å². The van der Waals surface area contributed by atoms with E-state index in [0.717, 1.165) is 40.8 Å². The van der Waals surface area contributed by atoms with Crippen LogP contribution in [0.3, 0.4) is 0 Å². The monoisotopic (exact) mass is 524 g/mol. The van der Waals surface area contributed by atoms with Crippen molar-refractivity contribution in [2.24, 2.45) is 5.92 Å². The number of hydrogen-bond acceptors (Lipinski definition) is 7. The molecule has 1 saturated carbocycles. The Kier molecular flexibility index (Phi) is 6.07. The molecule has 0 spiro atoms. The molecule has 0 bridgehead atoms. The van der Waals surface area contributed by atoms with Crippen molar-refractivity contribution in [3.05, 3.63) is 36.7 Å². The molecule has 2 aliphatic heterocycles. The van der Waals surface area contributed by atoms with Crippen LogP contribution in [0.4, 0.5) is 5.69 Å². The van der Waals surface area contributed by atoms with Gasteiger partial charge in [-0.3, -0.25) is 4.79 Å². The molecule has 6 rings (SSSR count). The van der Waals surface area contributed by atoms with Crippen LogP contribution in [0.1, 0.15) is 32.2 Å². The number of hydrogen-bond donors (Lipinski definition) is 1. The van der Waals surface area contributed by atoms with E-state index < -0.39 is 10.0 Å². The first-order chi connectivity index (χ1) is 17.8. The summed E-state index contributed by atoms with van der Waals surface area (Å²) < 4.78 is 33.8. The Morgan fingerprint density at radius 1 is 1.11 bits per heavy atom. The van der Waals surface area contributed by atoms with Crippen LogP contribution in [-0.4, -0.2) is 78.2 Å². The highest BCUT2D eigenvalue weighted by atomic mass is 32.2. The minimum atomic E-state index is -3.15. The summed E-state index contributed by atoms with van der Waals surface area (Å²) in [4.78, 5) is 23.6. The van der Waals surface area contributed by atoms with Crippen molar-refractivity contribution in [1.82, 2.24) is 24.2 Å². The summed E-state index contributed by atoms with van der Waals surface area (Å²) in [5.41, 5.74) is 4.55. The number of nitrogens with zero attached hydrogens (tertiary/aromatic N) is 5. The smallest absolute Gasteiger partial charge is 0.241 e. The molecule has 1 N–H and O–H groups in total. The Morgan fingerprint density at radius 3 is 2.46 bits per heavy atom. The second kappa shape index (κ2) is 9.29. The van der Waals surface area contributed by atoms with Gasteiger partial charge in [-0.2, -0.15) is 4.31 Å². The average Bonchev–Trinajstić information content (AvgIpc) is 3.48. The second-order valence-corrected chi connectivity index (χ2v) is 12.3. The molecule has 2 atom stereocenters. The third-order valence-electron chi connectivity index (χ3n) is 7.67. The van der Waals surface area contributed by atoms with Gasteiger partial charge in [-0.05, 0) is 38.0 Å². The average molecular weight is 525 g/mol. The van der Waals surface area contributed by atoms with Crippen LogP contribution < -0.4 is 15.0 Å². The molecule has 1 amide bonds. The largest absolute Gasteiger partial charge is 0.473 e. The summed E-state index contributed by atoms with van der Waals surface area (Å²) in [6.07, 6.45) is 5.70. The van der Waals surface area contributed by atoms with Gasteiger partial charge in [-0.15, -0.1) is 0 Å². The maximum absolute atomic E-state index is 11.8. The Labute approximate surface area is 216 Å². The zero-order valence-corrected chi connectivity index (χ0v) is 21.9. The van der Waals surface area contributed by atoms with Crippen LogP contribution in [0.2, 0.25) is 0 Å². The van der Waals surface area contributed by atoms with Gasteiger partial charge in [0.25, 0.3) is 0 Å². The Morgan fingerprint density at radius 2 is 1.84 bits per heavy atom. The minimum absolute atomic E-state index is 0.0631. The number of carbonyl (C=O) groups is 1. The molecule has 3 aromatic rings. The molecule has 2 saturated heterocycles. The topological polar surface area (TPSA) is 110 Å². The number of pyridine rings is 1. The molecule has 4 heterocycles. The Hall–Kier alpha value is -3.18. The fourth-order valence-electron chi connectivity index (χ4n) is 5.24. The quantitative estimate of drug-likeness (QED) is 0.506. The van der Waals surface area contributed by atoms with Crippen molar-refractivity contribution >= 4 is 32.7 Å². The van der Waals surface area contributed by atoms with E-state index >= 15 is 0 Å². The van der Waals surface area contributed by atoms with Crippen LogP contribution in [0.5, 0.6) is 5.88 Å². The van der Waals surface area contributed by atoms with E-state index in [1.807, 2.05) is 31.5 Å². The van der Waals surface area contributed by atoms with Crippen LogP contribution in [0, 0.1) is 5.92 Å². The van der Waals surface area contributed by atoms with Gasteiger partial charge in [0, 0.05) is 62.4 Å². The van der Waals surface area contributed by atoms with E-state index in [0.29, 0.717) is 51.1 Å². The Bertz CT molecular complexity index is 1430. The molecule has 196 valence electrons. The number of benzene rings is 1. The van der Waals surface area contributed by atoms with Gasteiger partial charge in [-0.25, -0.2) is 18.4 Å². The number of piperazine rings is 1. The van der Waals surface area contributed by atoms with E-state index in [-0.39, 0.29) is 17.9 Å². The zero-order valence-electron chi connectivity index (χ0n) is 21.1. The van der Waals surface area contributed by atoms with Crippen LogP contribution in [0.15, 0.2) is 36.7 Å². The van der Waals surface area contributed by atoms with E-state index in [1.165, 1.54) is 10.6 Å². The standard InChI is InChI=1S/C26H32N6O4S/c1-17(19-13-24(33)27-15-19)36-26-25-23(28-16-32(25)21-7-8-21)14-22(29-26)18-3-5-20(6-4-18)30-9-11-31(12-10-30)37(2,34)35/h3-6,14,16-17,19,21H,7-13,15H2,1-2H3,(H,27,33)/t17-,19?/m1/s1. The van der Waals surface area contributed by atoms with Crippen molar-refractivity contribution in [2.75, 3.05) is 43.9 Å². The predicted octanol–water partition coefficient (Wildman–Crippen LogP) is 2.42. The van der Waals surface area contributed by atoms with Gasteiger partial charge >= 0.3 is 0 Å². The third kappa shape index (κ3) is 4.89. The first-order valence-electron chi connectivity index (χ1n) is 12.9. The lowest BCUT2D eigenvalue weighted by atomic mass is 10.0. The first-order valence-corrected chi connectivity index (χ1v) is 14.7. The highest BCUT2D eigenvalue weighted by molar-refractivity contribution is 7.88. The van der Waals surface area contributed by atoms with Gasteiger partial charge in [-0.1, -0.05) is 12.1 Å². The maximum Gasteiger partial charge on any atom is 0.241 e. The number of anilines is 1. The van der Waals surface area contributed by atoms with E-state index in [1.54, 1.807) is 0 Å². The lowest BCUT2D eigenvalue weighted by Gasteiger charge is -2.34. The molecule has 3 fully saturated rings. The van der Waals surface area contributed by atoms with Crippen LogP contribution in [0.25, 0.3) is 22.3 Å². The SMILES string of the molecule is C[C@@H](Oc1nc(-c2ccc(N3CCN(S(C)(=O)=O)CC3)cc2)cc2ncn(C3CC3)c12)C1CNC(=O)C1.